The SMILES string of the molecule is Cc1cc(=O)n(CC(=O)NC2CCCC2)cn1. The van der Waals surface area contributed by atoms with Crippen LogP contribution >= 0.6 is 0 Å². The zero-order valence-electron chi connectivity index (χ0n) is 9.98. The van der Waals surface area contributed by atoms with E-state index in [1.165, 1.54) is 29.8 Å². The molecule has 0 radical (unpaired) electrons. The summed E-state index contributed by atoms with van der Waals surface area (Å²) in [6.07, 6.45) is 5.87. The molecular weight excluding hydrogens is 218 g/mol. The Hall–Kier alpha value is -1.65. The van der Waals surface area contributed by atoms with Crippen LogP contribution in [0.3, 0.4) is 0 Å². The third kappa shape index (κ3) is 3.15. The molecule has 5 heteroatoms. The molecule has 0 bridgehead atoms. The molecular formula is C12H17N3O2. The molecule has 5 nitrogen and oxygen atoms in total. The van der Waals surface area contributed by atoms with Gasteiger partial charge in [-0.3, -0.25) is 14.2 Å². The number of nitrogens with one attached hydrogen (secondary N) is 1. The van der Waals surface area contributed by atoms with Crippen LogP contribution in [0.4, 0.5) is 0 Å². The molecule has 0 spiro atoms. The summed E-state index contributed by atoms with van der Waals surface area (Å²) in [6.45, 7) is 1.81. The van der Waals surface area contributed by atoms with E-state index in [0.29, 0.717) is 5.69 Å². The van der Waals surface area contributed by atoms with Gasteiger partial charge in [0.2, 0.25) is 5.91 Å². The molecule has 0 unspecified atom stereocenters. The summed E-state index contributed by atoms with van der Waals surface area (Å²) in [5, 5.41) is 2.94. The van der Waals surface area contributed by atoms with Crippen LogP contribution in [-0.4, -0.2) is 21.5 Å². The van der Waals surface area contributed by atoms with E-state index in [2.05, 4.69) is 10.3 Å². The molecule has 1 aliphatic rings. The second kappa shape index (κ2) is 5.12. The largest absolute Gasteiger partial charge is 0.352 e. The van der Waals surface area contributed by atoms with Gasteiger partial charge in [0.1, 0.15) is 6.54 Å². The number of carbonyl (C=O) groups excluding carboxylic acids is 1. The average molecular weight is 235 g/mol. The number of nitrogens with zero attached hydrogens (tertiary/aromatic N) is 2. The van der Waals surface area contributed by atoms with Crippen molar-refractivity contribution in [1.82, 2.24) is 14.9 Å². The molecule has 17 heavy (non-hydrogen) atoms. The number of aromatic nitrogens is 2. The monoisotopic (exact) mass is 235 g/mol. The summed E-state index contributed by atoms with van der Waals surface area (Å²) < 4.78 is 1.33. The van der Waals surface area contributed by atoms with E-state index in [1.807, 2.05) is 0 Å². The highest BCUT2D eigenvalue weighted by Crippen LogP contribution is 2.17. The quantitative estimate of drug-likeness (QED) is 0.835. The van der Waals surface area contributed by atoms with Crippen molar-refractivity contribution in [2.75, 3.05) is 0 Å². The van der Waals surface area contributed by atoms with E-state index in [1.54, 1.807) is 6.92 Å². The number of carbonyl (C=O) groups is 1. The lowest BCUT2D eigenvalue weighted by Gasteiger charge is -2.12. The minimum atomic E-state index is -0.181. The fraction of sp³-hybridized carbons (Fsp3) is 0.583. The Morgan fingerprint density at radius 2 is 2.24 bits per heavy atom. The number of hydrogen-bond acceptors (Lipinski definition) is 3. The van der Waals surface area contributed by atoms with E-state index < -0.39 is 0 Å². The third-order valence-corrected chi connectivity index (χ3v) is 3.05. The summed E-state index contributed by atoms with van der Waals surface area (Å²) in [7, 11) is 0. The van der Waals surface area contributed by atoms with Gasteiger partial charge in [0.25, 0.3) is 5.56 Å². The maximum atomic E-state index is 11.7. The normalized spacial score (nSPS) is 16.1. The first-order chi connectivity index (χ1) is 8.15. The summed E-state index contributed by atoms with van der Waals surface area (Å²) in [5.41, 5.74) is 0.488. The Morgan fingerprint density at radius 3 is 2.88 bits per heavy atom. The molecule has 0 aliphatic heterocycles. The van der Waals surface area contributed by atoms with Gasteiger partial charge in [-0.25, -0.2) is 4.98 Å². The molecule has 1 saturated carbocycles. The van der Waals surface area contributed by atoms with Crippen LogP contribution in [-0.2, 0) is 11.3 Å². The van der Waals surface area contributed by atoms with Crippen molar-refractivity contribution in [3.8, 4) is 0 Å². The molecule has 92 valence electrons. The first-order valence-electron chi connectivity index (χ1n) is 5.97. The molecule has 0 saturated heterocycles. The standard InChI is InChI=1S/C12H17N3O2/c1-9-6-12(17)15(8-13-9)7-11(16)14-10-4-2-3-5-10/h6,8,10H,2-5,7H2,1H3,(H,14,16). The Kier molecular flexibility index (Phi) is 3.56. The number of hydrogen-bond donors (Lipinski definition) is 1. The van der Waals surface area contributed by atoms with Gasteiger partial charge in [0.05, 0.1) is 6.33 Å². The molecule has 1 heterocycles. The maximum Gasteiger partial charge on any atom is 0.253 e. The fourth-order valence-electron chi connectivity index (χ4n) is 2.13. The lowest BCUT2D eigenvalue weighted by Crippen LogP contribution is -2.37. The topological polar surface area (TPSA) is 64.0 Å². The fourth-order valence-corrected chi connectivity index (χ4v) is 2.13. The predicted octanol–water partition coefficient (Wildman–Crippen LogP) is 0.611. The van der Waals surface area contributed by atoms with Crippen LogP contribution in [0.1, 0.15) is 31.4 Å². The molecule has 1 aromatic heterocycles. The van der Waals surface area contributed by atoms with Crippen molar-refractivity contribution < 1.29 is 4.79 Å². The second-order valence-electron chi connectivity index (χ2n) is 4.55. The van der Waals surface area contributed by atoms with Crippen LogP contribution in [0.15, 0.2) is 17.2 Å². The van der Waals surface area contributed by atoms with Crippen molar-refractivity contribution in [3.63, 3.8) is 0 Å². The molecule has 0 atom stereocenters. The van der Waals surface area contributed by atoms with Gasteiger partial charge in [0, 0.05) is 17.8 Å². The van der Waals surface area contributed by atoms with E-state index in [4.69, 9.17) is 0 Å². The van der Waals surface area contributed by atoms with Crippen molar-refractivity contribution in [2.45, 2.75) is 45.2 Å². The second-order valence-corrected chi connectivity index (χ2v) is 4.55. The molecule has 1 fully saturated rings. The van der Waals surface area contributed by atoms with E-state index in [9.17, 15) is 9.59 Å². The molecule has 1 N–H and O–H groups in total. The average Bonchev–Trinajstić information content (AvgIpc) is 2.75. The van der Waals surface area contributed by atoms with Gasteiger partial charge in [-0.2, -0.15) is 0 Å². The van der Waals surface area contributed by atoms with Crippen molar-refractivity contribution in [2.24, 2.45) is 0 Å². The van der Waals surface area contributed by atoms with E-state index in [-0.39, 0.29) is 24.1 Å². The first kappa shape index (κ1) is 11.8. The summed E-state index contributed by atoms with van der Waals surface area (Å²) in [6, 6.07) is 1.72. The lowest BCUT2D eigenvalue weighted by atomic mass is 10.2. The van der Waals surface area contributed by atoms with Gasteiger partial charge in [-0.05, 0) is 19.8 Å². The van der Waals surface area contributed by atoms with Crippen LogP contribution < -0.4 is 10.9 Å². The third-order valence-electron chi connectivity index (χ3n) is 3.05. The van der Waals surface area contributed by atoms with Crippen LogP contribution in [0.2, 0.25) is 0 Å². The minimum absolute atomic E-state index is 0.0581. The zero-order chi connectivity index (χ0) is 12.3. The molecule has 1 amide bonds. The number of rotatable bonds is 3. The number of amides is 1. The zero-order valence-corrected chi connectivity index (χ0v) is 9.98. The predicted molar refractivity (Wildman–Crippen MR) is 63.6 cm³/mol. The van der Waals surface area contributed by atoms with Gasteiger partial charge in [0.15, 0.2) is 0 Å². The Morgan fingerprint density at radius 1 is 1.53 bits per heavy atom. The molecule has 2 rings (SSSR count). The lowest BCUT2D eigenvalue weighted by molar-refractivity contribution is -0.122. The Bertz CT molecular complexity index is 461. The van der Waals surface area contributed by atoms with Crippen LogP contribution in [0.25, 0.3) is 0 Å². The van der Waals surface area contributed by atoms with Crippen molar-refractivity contribution >= 4 is 5.91 Å². The van der Waals surface area contributed by atoms with E-state index >= 15 is 0 Å². The van der Waals surface area contributed by atoms with Crippen molar-refractivity contribution in [3.05, 3.63) is 28.4 Å². The van der Waals surface area contributed by atoms with Gasteiger partial charge < -0.3 is 5.32 Å². The van der Waals surface area contributed by atoms with E-state index in [0.717, 1.165) is 12.8 Å². The smallest absolute Gasteiger partial charge is 0.253 e. The Balaban J connectivity index is 1.95. The molecule has 1 aliphatic carbocycles. The van der Waals surface area contributed by atoms with Crippen molar-refractivity contribution in [1.29, 1.82) is 0 Å². The Labute approximate surface area is 99.9 Å². The van der Waals surface area contributed by atoms with Gasteiger partial charge in [-0.1, -0.05) is 12.8 Å². The first-order valence-corrected chi connectivity index (χ1v) is 5.97. The van der Waals surface area contributed by atoms with Crippen LogP contribution in [0, 0.1) is 6.92 Å². The maximum absolute atomic E-state index is 11.7. The highest BCUT2D eigenvalue weighted by atomic mass is 16.2. The molecule has 1 aromatic rings. The number of aryl methyl sites for hydroxylation is 1. The summed E-state index contributed by atoms with van der Waals surface area (Å²) >= 11 is 0. The highest BCUT2D eigenvalue weighted by Gasteiger charge is 2.17. The van der Waals surface area contributed by atoms with Crippen LogP contribution in [0.5, 0.6) is 0 Å². The van der Waals surface area contributed by atoms with Gasteiger partial charge in [-0.15, -0.1) is 0 Å². The minimum Gasteiger partial charge on any atom is -0.352 e. The molecule has 0 aromatic carbocycles. The summed E-state index contributed by atoms with van der Waals surface area (Å²) in [4.78, 5) is 27.3. The summed E-state index contributed by atoms with van der Waals surface area (Å²) in [5.74, 6) is -0.107. The highest BCUT2D eigenvalue weighted by molar-refractivity contribution is 5.76. The van der Waals surface area contributed by atoms with Gasteiger partial charge >= 0.3 is 0 Å².